The molecule has 0 unspecified atom stereocenters. The van der Waals surface area contributed by atoms with Crippen molar-refractivity contribution in [1.29, 1.82) is 0 Å². The number of carbonyl (C=O) groups is 1. The molecular weight excluding hydrogens is 354 g/mol. The van der Waals surface area contributed by atoms with Crippen molar-refractivity contribution >= 4 is 16.8 Å². The maximum absolute atomic E-state index is 12.5. The van der Waals surface area contributed by atoms with Crippen LogP contribution in [-0.4, -0.2) is 45.4 Å². The van der Waals surface area contributed by atoms with Gasteiger partial charge in [0.25, 0.3) is 5.56 Å². The summed E-state index contributed by atoms with van der Waals surface area (Å²) in [7, 11) is 0. The van der Waals surface area contributed by atoms with Crippen LogP contribution in [0.1, 0.15) is 24.4 Å². The molecule has 1 atom stereocenters. The fourth-order valence-corrected chi connectivity index (χ4v) is 3.72. The Morgan fingerprint density at radius 2 is 1.75 bits per heavy atom. The summed E-state index contributed by atoms with van der Waals surface area (Å²) in [6.07, 6.45) is 2.36. The third kappa shape index (κ3) is 3.94. The Bertz CT molecular complexity index is 1010. The molecule has 0 aliphatic carbocycles. The number of benzene rings is 2. The number of hydrogen-bond acceptors (Lipinski definition) is 5. The van der Waals surface area contributed by atoms with Gasteiger partial charge in [-0.15, -0.1) is 5.10 Å². The molecular formula is C21H23N5O2. The number of nitrogens with one attached hydrogen (secondary N) is 1. The predicted molar refractivity (Wildman–Crippen MR) is 107 cm³/mol. The normalized spacial score (nSPS) is 15.6. The number of hydrogen-bond donors (Lipinski definition) is 1. The molecule has 1 amide bonds. The van der Waals surface area contributed by atoms with E-state index in [-0.39, 0.29) is 24.1 Å². The number of likely N-dealkylation sites (tertiary alicyclic amines) is 1. The minimum Gasteiger partial charge on any atom is -0.353 e. The standard InChI is InChI=1S/C21H23N5O2/c27-20(15-26-21(28)17-10-4-5-11-18(17)23-24-26)22-14-19(25-12-6-7-13-25)16-8-2-1-3-9-16/h1-5,8-11,19H,6-7,12-15H2,(H,22,27)/t19-/m0/s1. The van der Waals surface area contributed by atoms with Crippen molar-refractivity contribution in [2.45, 2.75) is 25.4 Å². The Morgan fingerprint density at radius 1 is 1.04 bits per heavy atom. The highest BCUT2D eigenvalue weighted by atomic mass is 16.2. The van der Waals surface area contributed by atoms with Crippen LogP contribution < -0.4 is 10.9 Å². The first-order valence-electron chi connectivity index (χ1n) is 9.60. The molecule has 1 saturated heterocycles. The van der Waals surface area contributed by atoms with Gasteiger partial charge in [0.1, 0.15) is 12.1 Å². The molecule has 1 aliphatic rings. The lowest BCUT2D eigenvalue weighted by atomic mass is 10.1. The van der Waals surface area contributed by atoms with Crippen LogP contribution in [0.15, 0.2) is 59.4 Å². The van der Waals surface area contributed by atoms with E-state index >= 15 is 0 Å². The molecule has 2 heterocycles. The molecule has 1 aliphatic heterocycles. The van der Waals surface area contributed by atoms with Gasteiger partial charge in [0.15, 0.2) is 0 Å². The summed E-state index contributed by atoms with van der Waals surface area (Å²) in [5, 5.41) is 11.4. The fraction of sp³-hybridized carbons (Fsp3) is 0.333. The number of aromatic nitrogens is 3. The highest BCUT2D eigenvalue weighted by Gasteiger charge is 2.24. The summed E-state index contributed by atoms with van der Waals surface area (Å²) < 4.78 is 1.12. The van der Waals surface area contributed by atoms with E-state index in [1.165, 1.54) is 18.4 Å². The zero-order chi connectivity index (χ0) is 19.3. The summed E-state index contributed by atoms with van der Waals surface area (Å²) in [4.78, 5) is 27.4. The Hall–Kier alpha value is -3.06. The van der Waals surface area contributed by atoms with Gasteiger partial charge in [-0.1, -0.05) is 47.7 Å². The summed E-state index contributed by atoms with van der Waals surface area (Å²) in [6.45, 7) is 2.42. The molecule has 0 spiro atoms. The van der Waals surface area contributed by atoms with Crippen LogP contribution in [0.2, 0.25) is 0 Å². The van der Waals surface area contributed by atoms with Crippen molar-refractivity contribution in [3.63, 3.8) is 0 Å². The van der Waals surface area contributed by atoms with E-state index < -0.39 is 0 Å². The molecule has 144 valence electrons. The molecule has 7 nitrogen and oxygen atoms in total. The second kappa shape index (κ2) is 8.31. The molecule has 0 saturated carbocycles. The lowest BCUT2D eigenvalue weighted by Crippen LogP contribution is -2.39. The van der Waals surface area contributed by atoms with Crippen LogP contribution in [-0.2, 0) is 11.3 Å². The van der Waals surface area contributed by atoms with Crippen LogP contribution in [0.4, 0.5) is 0 Å². The summed E-state index contributed by atoms with van der Waals surface area (Å²) in [6, 6.07) is 17.3. The van der Waals surface area contributed by atoms with Gasteiger partial charge >= 0.3 is 0 Å². The summed E-state index contributed by atoms with van der Waals surface area (Å²) in [5.41, 5.74) is 1.41. The molecule has 1 fully saturated rings. The van der Waals surface area contributed by atoms with Crippen LogP contribution in [0.25, 0.3) is 10.9 Å². The van der Waals surface area contributed by atoms with Crippen molar-refractivity contribution in [3.05, 3.63) is 70.5 Å². The van der Waals surface area contributed by atoms with E-state index in [2.05, 4.69) is 32.7 Å². The van der Waals surface area contributed by atoms with Gasteiger partial charge in [0, 0.05) is 6.54 Å². The van der Waals surface area contributed by atoms with Gasteiger partial charge in [0.05, 0.1) is 11.4 Å². The van der Waals surface area contributed by atoms with E-state index in [9.17, 15) is 9.59 Å². The molecule has 2 aromatic carbocycles. The fourth-order valence-electron chi connectivity index (χ4n) is 3.72. The first kappa shape index (κ1) is 18.3. The molecule has 1 aromatic heterocycles. The van der Waals surface area contributed by atoms with Crippen molar-refractivity contribution < 1.29 is 4.79 Å². The number of nitrogens with zero attached hydrogens (tertiary/aromatic N) is 4. The summed E-state index contributed by atoms with van der Waals surface area (Å²) in [5.74, 6) is -0.244. The topological polar surface area (TPSA) is 80.1 Å². The third-order valence-corrected chi connectivity index (χ3v) is 5.18. The SMILES string of the molecule is O=C(Cn1nnc2ccccc2c1=O)NC[C@@H](c1ccccc1)N1CCCC1. The zero-order valence-electron chi connectivity index (χ0n) is 15.6. The van der Waals surface area contributed by atoms with Crippen molar-refractivity contribution in [2.24, 2.45) is 0 Å². The van der Waals surface area contributed by atoms with Gasteiger partial charge in [-0.2, -0.15) is 0 Å². The van der Waals surface area contributed by atoms with Gasteiger partial charge in [-0.05, 0) is 43.6 Å². The predicted octanol–water partition coefficient (Wildman–Crippen LogP) is 1.74. The van der Waals surface area contributed by atoms with Gasteiger partial charge in [-0.25, -0.2) is 4.68 Å². The van der Waals surface area contributed by atoms with Crippen molar-refractivity contribution in [2.75, 3.05) is 19.6 Å². The highest BCUT2D eigenvalue weighted by Crippen LogP contribution is 2.24. The minimum atomic E-state index is -0.306. The Labute approximate surface area is 163 Å². The lowest BCUT2D eigenvalue weighted by molar-refractivity contribution is -0.122. The molecule has 1 N–H and O–H groups in total. The first-order chi connectivity index (χ1) is 13.7. The second-order valence-corrected chi connectivity index (χ2v) is 7.04. The van der Waals surface area contributed by atoms with Gasteiger partial charge in [0.2, 0.25) is 5.91 Å². The van der Waals surface area contributed by atoms with E-state index in [1.807, 2.05) is 18.2 Å². The maximum atomic E-state index is 12.5. The Balaban J connectivity index is 1.45. The maximum Gasteiger partial charge on any atom is 0.278 e. The second-order valence-electron chi connectivity index (χ2n) is 7.04. The summed E-state index contributed by atoms with van der Waals surface area (Å²) >= 11 is 0. The van der Waals surface area contributed by atoms with Gasteiger partial charge in [-0.3, -0.25) is 14.5 Å². The number of fused-ring (bicyclic) bond motifs is 1. The van der Waals surface area contributed by atoms with Crippen LogP contribution >= 0.6 is 0 Å². The van der Waals surface area contributed by atoms with E-state index in [1.54, 1.807) is 24.3 Å². The molecule has 0 bridgehead atoms. The van der Waals surface area contributed by atoms with Crippen LogP contribution in [0.3, 0.4) is 0 Å². The van der Waals surface area contributed by atoms with Crippen molar-refractivity contribution in [3.8, 4) is 0 Å². The molecule has 0 radical (unpaired) electrons. The Morgan fingerprint density at radius 3 is 2.54 bits per heavy atom. The highest BCUT2D eigenvalue weighted by molar-refractivity contribution is 5.78. The monoisotopic (exact) mass is 377 g/mol. The molecule has 4 rings (SSSR count). The van der Waals surface area contributed by atoms with Crippen LogP contribution in [0, 0.1) is 0 Å². The first-order valence-corrected chi connectivity index (χ1v) is 9.60. The Kier molecular flexibility index (Phi) is 5.43. The zero-order valence-corrected chi connectivity index (χ0v) is 15.6. The average molecular weight is 377 g/mol. The largest absolute Gasteiger partial charge is 0.353 e. The van der Waals surface area contributed by atoms with E-state index in [0.29, 0.717) is 17.4 Å². The quantitative estimate of drug-likeness (QED) is 0.708. The average Bonchev–Trinajstić information content (AvgIpc) is 3.26. The van der Waals surface area contributed by atoms with Crippen molar-refractivity contribution in [1.82, 2.24) is 25.2 Å². The number of carbonyl (C=O) groups excluding carboxylic acids is 1. The van der Waals surface area contributed by atoms with Crippen LogP contribution in [0.5, 0.6) is 0 Å². The van der Waals surface area contributed by atoms with E-state index in [4.69, 9.17) is 0 Å². The minimum absolute atomic E-state index is 0.132. The third-order valence-electron chi connectivity index (χ3n) is 5.18. The molecule has 7 heteroatoms. The van der Waals surface area contributed by atoms with Gasteiger partial charge < -0.3 is 5.32 Å². The van der Waals surface area contributed by atoms with E-state index in [0.717, 1.165) is 17.8 Å². The number of amides is 1. The smallest absolute Gasteiger partial charge is 0.278 e. The molecule has 28 heavy (non-hydrogen) atoms. The lowest BCUT2D eigenvalue weighted by Gasteiger charge is -2.28. The number of rotatable bonds is 6. The molecule has 3 aromatic rings.